The SMILES string of the molecule is O=C(O)c1csc(C(=O)Nc2ccc(Br)cc2Cl)n1. The molecule has 8 heteroatoms. The van der Waals surface area contributed by atoms with Gasteiger partial charge in [-0.25, -0.2) is 9.78 Å². The zero-order chi connectivity index (χ0) is 14.0. The van der Waals surface area contributed by atoms with Crippen LogP contribution in [0.15, 0.2) is 28.1 Å². The van der Waals surface area contributed by atoms with E-state index in [2.05, 4.69) is 26.2 Å². The summed E-state index contributed by atoms with van der Waals surface area (Å²) in [5.74, 6) is -1.67. The van der Waals surface area contributed by atoms with E-state index < -0.39 is 11.9 Å². The van der Waals surface area contributed by atoms with Gasteiger partial charge in [0.15, 0.2) is 10.7 Å². The zero-order valence-electron chi connectivity index (χ0n) is 9.18. The van der Waals surface area contributed by atoms with Crippen LogP contribution in [0.1, 0.15) is 20.3 Å². The van der Waals surface area contributed by atoms with E-state index in [4.69, 9.17) is 16.7 Å². The number of carbonyl (C=O) groups excluding carboxylic acids is 1. The molecule has 2 aromatic rings. The van der Waals surface area contributed by atoms with Crippen LogP contribution in [0.3, 0.4) is 0 Å². The van der Waals surface area contributed by atoms with Gasteiger partial charge in [0.2, 0.25) is 0 Å². The predicted octanol–water partition coefficient (Wildman–Crippen LogP) is 3.51. The third kappa shape index (κ3) is 3.31. The van der Waals surface area contributed by atoms with Crippen molar-refractivity contribution in [1.29, 1.82) is 0 Å². The topological polar surface area (TPSA) is 79.3 Å². The number of halogens is 2. The highest BCUT2D eigenvalue weighted by Crippen LogP contribution is 2.26. The van der Waals surface area contributed by atoms with Crippen molar-refractivity contribution in [3.63, 3.8) is 0 Å². The van der Waals surface area contributed by atoms with Crippen LogP contribution in [0, 0.1) is 0 Å². The quantitative estimate of drug-likeness (QED) is 0.877. The van der Waals surface area contributed by atoms with Crippen LogP contribution in [0.2, 0.25) is 5.02 Å². The van der Waals surface area contributed by atoms with Gasteiger partial charge in [0.25, 0.3) is 5.91 Å². The van der Waals surface area contributed by atoms with Crippen molar-refractivity contribution in [3.05, 3.63) is 43.8 Å². The lowest BCUT2D eigenvalue weighted by molar-refractivity contribution is 0.0691. The molecular weight excluding hydrogens is 356 g/mol. The highest BCUT2D eigenvalue weighted by molar-refractivity contribution is 9.10. The normalized spacial score (nSPS) is 10.2. The summed E-state index contributed by atoms with van der Waals surface area (Å²) >= 11 is 10.2. The molecule has 0 radical (unpaired) electrons. The van der Waals surface area contributed by atoms with E-state index >= 15 is 0 Å². The first-order valence-corrected chi connectivity index (χ1v) is 6.97. The Labute approximate surface area is 125 Å². The number of thiazole rings is 1. The largest absolute Gasteiger partial charge is 0.476 e. The number of hydrogen-bond acceptors (Lipinski definition) is 4. The van der Waals surface area contributed by atoms with Gasteiger partial charge < -0.3 is 10.4 Å². The summed E-state index contributed by atoms with van der Waals surface area (Å²) < 4.78 is 0.790. The maximum Gasteiger partial charge on any atom is 0.355 e. The first-order valence-electron chi connectivity index (χ1n) is 4.92. The lowest BCUT2D eigenvalue weighted by Gasteiger charge is -2.05. The second-order valence-electron chi connectivity index (χ2n) is 3.42. The van der Waals surface area contributed by atoms with Gasteiger partial charge in [0.05, 0.1) is 10.7 Å². The third-order valence-corrected chi connectivity index (χ3v) is 3.74. The summed E-state index contributed by atoms with van der Waals surface area (Å²) in [5.41, 5.74) is 0.277. The average Bonchev–Trinajstić information content (AvgIpc) is 2.82. The Morgan fingerprint density at radius 3 is 2.74 bits per heavy atom. The van der Waals surface area contributed by atoms with Crippen molar-refractivity contribution in [1.82, 2.24) is 4.98 Å². The molecule has 19 heavy (non-hydrogen) atoms. The fourth-order valence-corrected chi connectivity index (χ4v) is 2.65. The molecule has 1 heterocycles. The molecule has 0 aliphatic rings. The number of aromatic nitrogens is 1. The molecule has 1 amide bonds. The van der Waals surface area contributed by atoms with E-state index in [1.54, 1.807) is 18.2 Å². The first kappa shape index (κ1) is 14.0. The van der Waals surface area contributed by atoms with E-state index in [0.717, 1.165) is 15.8 Å². The molecule has 0 atom stereocenters. The minimum atomic E-state index is -1.17. The van der Waals surface area contributed by atoms with E-state index in [9.17, 15) is 9.59 Å². The van der Waals surface area contributed by atoms with Crippen LogP contribution in [-0.4, -0.2) is 22.0 Å². The number of aromatic carboxylic acids is 1. The molecule has 0 saturated heterocycles. The van der Waals surface area contributed by atoms with Gasteiger partial charge in [0, 0.05) is 9.85 Å². The summed E-state index contributed by atoms with van der Waals surface area (Å²) in [7, 11) is 0. The molecule has 2 rings (SSSR count). The molecular formula is C11H6BrClN2O3S. The number of nitrogens with one attached hydrogen (secondary N) is 1. The van der Waals surface area contributed by atoms with Crippen molar-refractivity contribution in [3.8, 4) is 0 Å². The fourth-order valence-electron chi connectivity index (χ4n) is 1.24. The molecule has 0 aliphatic heterocycles. The Morgan fingerprint density at radius 1 is 1.42 bits per heavy atom. The second-order valence-corrected chi connectivity index (χ2v) is 5.60. The molecule has 0 bridgehead atoms. The number of carboxylic acid groups (broad SMARTS) is 1. The number of hydrogen-bond donors (Lipinski definition) is 2. The number of benzene rings is 1. The maximum absolute atomic E-state index is 11.9. The van der Waals surface area contributed by atoms with Crippen LogP contribution in [0.25, 0.3) is 0 Å². The van der Waals surface area contributed by atoms with Gasteiger partial charge in [-0.05, 0) is 18.2 Å². The lowest BCUT2D eigenvalue weighted by atomic mass is 10.3. The van der Waals surface area contributed by atoms with Gasteiger partial charge in [0.1, 0.15) is 0 Å². The third-order valence-electron chi connectivity index (χ3n) is 2.10. The van der Waals surface area contributed by atoms with Crippen molar-refractivity contribution in [2.24, 2.45) is 0 Å². The molecule has 98 valence electrons. The standard InChI is InChI=1S/C11H6BrClN2O3S/c12-5-1-2-7(6(13)3-5)14-9(16)10-15-8(4-19-10)11(17)18/h1-4H,(H,14,16)(H,17,18). The summed E-state index contributed by atoms with van der Waals surface area (Å²) in [6.07, 6.45) is 0. The molecule has 1 aromatic carbocycles. The number of rotatable bonds is 3. The molecule has 0 fully saturated rings. The molecule has 0 aliphatic carbocycles. The van der Waals surface area contributed by atoms with E-state index in [-0.39, 0.29) is 10.7 Å². The summed E-state index contributed by atoms with van der Waals surface area (Å²) in [5, 5.41) is 13.0. The summed E-state index contributed by atoms with van der Waals surface area (Å²) in [6.45, 7) is 0. The number of carboxylic acids is 1. The average molecular weight is 362 g/mol. The summed E-state index contributed by atoms with van der Waals surface area (Å²) in [4.78, 5) is 26.2. The Hall–Kier alpha value is -1.44. The van der Waals surface area contributed by atoms with Crippen LogP contribution < -0.4 is 5.32 Å². The van der Waals surface area contributed by atoms with Crippen molar-refractivity contribution in [2.75, 3.05) is 5.32 Å². The molecule has 2 N–H and O–H groups in total. The fraction of sp³-hybridized carbons (Fsp3) is 0. The molecule has 0 saturated carbocycles. The number of anilines is 1. The van der Waals surface area contributed by atoms with Crippen LogP contribution >= 0.6 is 38.9 Å². The van der Waals surface area contributed by atoms with Gasteiger partial charge >= 0.3 is 5.97 Å². The summed E-state index contributed by atoms with van der Waals surface area (Å²) in [6, 6.07) is 5.00. The molecule has 0 spiro atoms. The Bertz CT molecular complexity index is 659. The van der Waals surface area contributed by atoms with E-state index in [0.29, 0.717) is 10.7 Å². The predicted molar refractivity (Wildman–Crippen MR) is 76.2 cm³/mol. The number of amides is 1. The Morgan fingerprint density at radius 2 is 2.16 bits per heavy atom. The Balaban J connectivity index is 2.18. The minimum absolute atomic E-state index is 0.0661. The lowest BCUT2D eigenvalue weighted by Crippen LogP contribution is -2.12. The van der Waals surface area contributed by atoms with E-state index in [1.807, 2.05) is 0 Å². The number of nitrogens with zero attached hydrogens (tertiary/aromatic N) is 1. The molecule has 0 unspecified atom stereocenters. The number of carbonyl (C=O) groups is 2. The minimum Gasteiger partial charge on any atom is -0.476 e. The van der Waals surface area contributed by atoms with Gasteiger partial charge in [-0.1, -0.05) is 27.5 Å². The van der Waals surface area contributed by atoms with Gasteiger partial charge in [-0.3, -0.25) is 4.79 Å². The molecule has 1 aromatic heterocycles. The van der Waals surface area contributed by atoms with Gasteiger partial charge in [-0.15, -0.1) is 11.3 Å². The van der Waals surface area contributed by atoms with Crippen molar-refractivity contribution in [2.45, 2.75) is 0 Å². The first-order chi connectivity index (χ1) is 8.97. The maximum atomic E-state index is 11.9. The van der Waals surface area contributed by atoms with Crippen molar-refractivity contribution < 1.29 is 14.7 Å². The highest BCUT2D eigenvalue weighted by Gasteiger charge is 2.15. The van der Waals surface area contributed by atoms with Crippen LogP contribution in [-0.2, 0) is 0 Å². The van der Waals surface area contributed by atoms with E-state index in [1.165, 1.54) is 5.38 Å². The Kier molecular flexibility index (Phi) is 4.18. The zero-order valence-corrected chi connectivity index (χ0v) is 12.3. The second kappa shape index (κ2) is 5.68. The highest BCUT2D eigenvalue weighted by atomic mass is 79.9. The van der Waals surface area contributed by atoms with Crippen LogP contribution in [0.5, 0.6) is 0 Å². The van der Waals surface area contributed by atoms with Gasteiger partial charge in [-0.2, -0.15) is 0 Å². The smallest absolute Gasteiger partial charge is 0.355 e. The van der Waals surface area contributed by atoms with Crippen LogP contribution in [0.4, 0.5) is 5.69 Å². The van der Waals surface area contributed by atoms with Crippen molar-refractivity contribution >= 4 is 56.4 Å². The molecule has 5 nitrogen and oxygen atoms in total. The monoisotopic (exact) mass is 360 g/mol.